The Labute approximate surface area is 92.4 Å². The summed E-state index contributed by atoms with van der Waals surface area (Å²) in [4.78, 5) is 0. The number of aliphatic hydroxyl groups is 1. The first kappa shape index (κ1) is 14.9. The third-order valence-electron chi connectivity index (χ3n) is 2.50. The molecule has 0 saturated carbocycles. The minimum atomic E-state index is -4.06. The van der Waals surface area contributed by atoms with Crippen molar-refractivity contribution in [2.24, 2.45) is 0 Å². The summed E-state index contributed by atoms with van der Waals surface area (Å²) < 4.78 is 30.2. The van der Waals surface area contributed by atoms with Crippen molar-refractivity contribution in [1.29, 1.82) is 0 Å². The summed E-state index contributed by atoms with van der Waals surface area (Å²) in [6, 6.07) is 0. The SMILES string of the molecule is CCCCCCCCC(CO)S(=O)(=O)O. The summed E-state index contributed by atoms with van der Waals surface area (Å²) in [7, 11) is -4.06. The second-order valence-corrected chi connectivity index (χ2v) is 5.57. The van der Waals surface area contributed by atoms with Crippen molar-refractivity contribution in [3.63, 3.8) is 0 Å². The topological polar surface area (TPSA) is 74.6 Å². The lowest BCUT2D eigenvalue weighted by Gasteiger charge is -2.09. The molecule has 2 N–H and O–H groups in total. The quantitative estimate of drug-likeness (QED) is 0.476. The lowest BCUT2D eigenvalue weighted by molar-refractivity contribution is 0.276. The lowest BCUT2D eigenvalue weighted by atomic mass is 10.1. The van der Waals surface area contributed by atoms with Crippen LogP contribution in [0.2, 0.25) is 0 Å². The molecule has 4 nitrogen and oxygen atoms in total. The molecule has 5 heteroatoms. The maximum atomic E-state index is 10.7. The van der Waals surface area contributed by atoms with Crippen molar-refractivity contribution >= 4 is 10.1 Å². The summed E-state index contributed by atoms with van der Waals surface area (Å²) in [5, 5.41) is 7.77. The Bertz CT molecular complexity index is 236. The molecule has 0 radical (unpaired) electrons. The van der Waals surface area contributed by atoms with Gasteiger partial charge in [0.25, 0.3) is 10.1 Å². The van der Waals surface area contributed by atoms with Gasteiger partial charge in [0.2, 0.25) is 0 Å². The highest BCUT2D eigenvalue weighted by atomic mass is 32.2. The molecular weight excluding hydrogens is 216 g/mol. The average molecular weight is 238 g/mol. The summed E-state index contributed by atoms with van der Waals surface area (Å²) in [5.74, 6) is 0. The Morgan fingerprint density at radius 3 is 2.07 bits per heavy atom. The maximum Gasteiger partial charge on any atom is 0.270 e. The fraction of sp³-hybridized carbons (Fsp3) is 1.00. The number of hydrogen-bond donors (Lipinski definition) is 2. The van der Waals surface area contributed by atoms with Gasteiger partial charge in [0.1, 0.15) is 5.25 Å². The van der Waals surface area contributed by atoms with Gasteiger partial charge in [-0.3, -0.25) is 4.55 Å². The van der Waals surface area contributed by atoms with Crippen LogP contribution in [-0.4, -0.2) is 29.9 Å². The van der Waals surface area contributed by atoms with Gasteiger partial charge in [0, 0.05) is 0 Å². The van der Waals surface area contributed by atoms with Gasteiger partial charge in [-0.15, -0.1) is 0 Å². The molecule has 0 bridgehead atoms. The van der Waals surface area contributed by atoms with Crippen LogP contribution < -0.4 is 0 Å². The van der Waals surface area contributed by atoms with E-state index >= 15 is 0 Å². The van der Waals surface area contributed by atoms with Crippen LogP contribution in [0.25, 0.3) is 0 Å². The molecule has 0 aliphatic carbocycles. The van der Waals surface area contributed by atoms with E-state index in [9.17, 15) is 8.42 Å². The van der Waals surface area contributed by atoms with E-state index in [1.54, 1.807) is 0 Å². The molecule has 0 fully saturated rings. The summed E-state index contributed by atoms with van der Waals surface area (Å²) in [6.07, 6.45) is 6.72. The van der Waals surface area contributed by atoms with Gasteiger partial charge in [0.15, 0.2) is 0 Å². The molecule has 0 saturated heterocycles. The number of aliphatic hydroxyl groups excluding tert-OH is 1. The number of unbranched alkanes of at least 4 members (excludes halogenated alkanes) is 5. The van der Waals surface area contributed by atoms with E-state index < -0.39 is 22.0 Å². The maximum absolute atomic E-state index is 10.7. The second kappa shape index (κ2) is 8.07. The minimum absolute atomic E-state index is 0.349. The molecule has 0 aliphatic heterocycles. The van der Waals surface area contributed by atoms with Crippen LogP contribution in [0.5, 0.6) is 0 Å². The van der Waals surface area contributed by atoms with Crippen LogP contribution in [0.4, 0.5) is 0 Å². The first-order chi connectivity index (χ1) is 7.02. The molecule has 1 unspecified atom stereocenters. The largest absolute Gasteiger partial charge is 0.395 e. The van der Waals surface area contributed by atoms with E-state index in [1.165, 1.54) is 19.3 Å². The molecular formula is C10H22O4S. The Morgan fingerprint density at radius 2 is 1.60 bits per heavy atom. The highest BCUT2D eigenvalue weighted by molar-refractivity contribution is 7.86. The van der Waals surface area contributed by atoms with E-state index in [-0.39, 0.29) is 0 Å². The van der Waals surface area contributed by atoms with Gasteiger partial charge in [-0.2, -0.15) is 8.42 Å². The molecule has 92 valence electrons. The molecule has 15 heavy (non-hydrogen) atoms. The standard InChI is InChI=1S/C10H22O4S/c1-2-3-4-5-6-7-8-10(9-11)15(12,13)14/h10-11H,2-9H2,1H3,(H,12,13,14). The minimum Gasteiger partial charge on any atom is -0.395 e. The van der Waals surface area contributed by atoms with Crippen molar-refractivity contribution in [2.45, 2.75) is 57.1 Å². The highest BCUT2D eigenvalue weighted by Gasteiger charge is 2.20. The normalized spacial score (nSPS) is 14.1. The van der Waals surface area contributed by atoms with Gasteiger partial charge < -0.3 is 5.11 Å². The Balaban J connectivity index is 3.57. The smallest absolute Gasteiger partial charge is 0.270 e. The van der Waals surface area contributed by atoms with Crippen LogP contribution >= 0.6 is 0 Å². The molecule has 0 aromatic rings. The van der Waals surface area contributed by atoms with E-state index in [0.717, 1.165) is 19.3 Å². The van der Waals surface area contributed by atoms with E-state index in [2.05, 4.69) is 6.92 Å². The summed E-state index contributed by atoms with van der Waals surface area (Å²) >= 11 is 0. The molecule has 1 atom stereocenters. The molecule has 0 aliphatic rings. The predicted molar refractivity (Wildman–Crippen MR) is 60.4 cm³/mol. The van der Waals surface area contributed by atoms with Crippen molar-refractivity contribution in [1.82, 2.24) is 0 Å². The Kier molecular flexibility index (Phi) is 8.00. The van der Waals surface area contributed by atoms with E-state index in [1.807, 2.05) is 0 Å². The fourth-order valence-corrected chi connectivity index (χ4v) is 2.14. The fourth-order valence-electron chi connectivity index (χ4n) is 1.49. The molecule has 0 amide bonds. The van der Waals surface area contributed by atoms with Crippen molar-refractivity contribution in [3.8, 4) is 0 Å². The molecule has 0 heterocycles. The predicted octanol–water partition coefficient (Wildman–Crippen LogP) is 1.99. The third kappa shape index (κ3) is 7.76. The van der Waals surface area contributed by atoms with Crippen molar-refractivity contribution in [2.75, 3.05) is 6.61 Å². The highest BCUT2D eigenvalue weighted by Crippen LogP contribution is 2.12. The first-order valence-electron chi connectivity index (χ1n) is 5.59. The zero-order chi connectivity index (χ0) is 11.7. The van der Waals surface area contributed by atoms with Crippen LogP contribution in [0.1, 0.15) is 51.9 Å². The van der Waals surface area contributed by atoms with Crippen LogP contribution in [0.15, 0.2) is 0 Å². The van der Waals surface area contributed by atoms with Gasteiger partial charge in [-0.1, -0.05) is 45.4 Å². The van der Waals surface area contributed by atoms with Gasteiger partial charge >= 0.3 is 0 Å². The second-order valence-electron chi connectivity index (χ2n) is 3.88. The van der Waals surface area contributed by atoms with Gasteiger partial charge in [-0.25, -0.2) is 0 Å². The average Bonchev–Trinajstić information content (AvgIpc) is 2.15. The third-order valence-corrected chi connectivity index (χ3v) is 3.73. The zero-order valence-corrected chi connectivity index (χ0v) is 10.2. The summed E-state index contributed by atoms with van der Waals surface area (Å²) in [5.41, 5.74) is 0. The monoisotopic (exact) mass is 238 g/mol. The number of hydrogen-bond acceptors (Lipinski definition) is 3. The number of rotatable bonds is 9. The Hall–Kier alpha value is -0.130. The van der Waals surface area contributed by atoms with E-state index in [4.69, 9.17) is 9.66 Å². The zero-order valence-electron chi connectivity index (χ0n) is 9.35. The van der Waals surface area contributed by atoms with Crippen molar-refractivity contribution < 1.29 is 18.1 Å². The molecule has 0 rings (SSSR count). The van der Waals surface area contributed by atoms with Crippen LogP contribution in [0.3, 0.4) is 0 Å². The Morgan fingerprint density at radius 1 is 1.07 bits per heavy atom. The molecule has 0 aromatic carbocycles. The van der Waals surface area contributed by atoms with Gasteiger partial charge in [-0.05, 0) is 6.42 Å². The first-order valence-corrected chi connectivity index (χ1v) is 7.09. The van der Waals surface area contributed by atoms with Crippen LogP contribution in [0, 0.1) is 0 Å². The van der Waals surface area contributed by atoms with E-state index in [0.29, 0.717) is 6.42 Å². The molecule has 0 aromatic heterocycles. The van der Waals surface area contributed by atoms with Crippen LogP contribution in [-0.2, 0) is 10.1 Å². The molecule has 0 spiro atoms. The lowest BCUT2D eigenvalue weighted by Crippen LogP contribution is -2.24. The van der Waals surface area contributed by atoms with Crippen molar-refractivity contribution in [3.05, 3.63) is 0 Å². The van der Waals surface area contributed by atoms with Gasteiger partial charge in [0.05, 0.1) is 6.61 Å². The summed E-state index contributed by atoms with van der Waals surface area (Å²) in [6.45, 7) is 1.65.